The summed E-state index contributed by atoms with van der Waals surface area (Å²) in [5.74, 6) is 1.90. The van der Waals surface area contributed by atoms with Crippen molar-refractivity contribution in [3.05, 3.63) is 78.5 Å². The van der Waals surface area contributed by atoms with Gasteiger partial charge in [0.25, 0.3) is 5.89 Å². The second-order valence-electron chi connectivity index (χ2n) is 5.81. The first-order valence-corrected chi connectivity index (χ1v) is 8.46. The normalized spacial score (nSPS) is 10.8. The largest absolute Gasteiger partial charge is 0.489 e. The molecular weight excluding hydrogens is 328 g/mol. The first-order chi connectivity index (χ1) is 12.8. The molecule has 0 unspecified atom stereocenters. The number of hydrogen-bond acceptors (Lipinski definition) is 5. The van der Waals surface area contributed by atoms with Crippen LogP contribution in [-0.2, 0) is 13.0 Å². The van der Waals surface area contributed by atoms with Gasteiger partial charge in [0.15, 0.2) is 5.82 Å². The molecule has 4 rings (SSSR count). The number of hydrogen-bond donors (Lipinski definition) is 0. The molecule has 0 atom stereocenters. The highest BCUT2D eigenvalue weighted by atomic mass is 16.5. The molecule has 6 nitrogen and oxygen atoms in total. The molecule has 6 heteroatoms. The van der Waals surface area contributed by atoms with E-state index in [0.29, 0.717) is 24.0 Å². The summed E-state index contributed by atoms with van der Waals surface area (Å²) in [6.45, 7) is 2.51. The number of aromatic nitrogens is 4. The Morgan fingerprint density at radius 3 is 2.77 bits per heavy atom. The fourth-order valence-electron chi connectivity index (χ4n) is 2.55. The molecule has 2 heterocycles. The second-order valence-corrected chi connectivity index (χ2v) is 5.81. The summed E-state index contributed by atoms with van der Waals surface area (Å²) in [6, 6.07) is 17.9. The quantitative estimate of drug-likeness (QED) is 0.527. The van der Waals surface area contributed by atoms with Gasteiger partial charge in [-0.3, -0.25) is 0 Å². The molecule has 26 heavy (non-hydrogen) atoms. The highest BCUT2D eigenvalue weighted by Gasteiger charge is 2.11. The smallest absolute Gasteiger partial charge is 0.278 e. The highest BCUT2D eigenvalue weighted by Crippen LogP contribution is 2.21. The predicted molar refractivity (Wildman–Crippen MR) is 97.0 cm³/mol. The lowest BCUT2D eigenvalue weighted by molar-refractivity contribution is 0.306. The van der Waals surface area contributed by atoms with Crippen molar-refractivity contribution in [1.82, 2.24) is 19.7 Å². The summed E-state index contributed by atoms with van der Waals surface area (Å²) < 4.78 is 13.0. The summed E-state index contributed by atoms with van der Waals surface area (Å²) in [5.41, 5.74) is 2.73. The van der Waals surface area contributed by atoms with Gasteiger partial charge in [-0.15, -0.1) is 0 Å². The third-order valence-corrected chi connectivity index (χ3v) is 3.95. The second kappa shape index (κ2) is 7.23. The van der Waals surface area contributed by atoms with Crippen LogP contribution >= 0.6 is 0 Å². The zero-order valence-corrected chi connectivity index (χ0v) is 14.4. The van der Waals surface area contributed by atoms with E-state index in [9.17, 15) is 0 Å². The van der Waals surface area contributed by atoms with Crippen LogP contribution in [0.5, 0.6) is 5.75 Å². The summed E-state index contributed by atoms with van der Waals surface area (Å²) in [5, 5.41) is 3.90. The Morgan fingerprint density at radius 1 is 1.08 bits per heavy atom. The Balaban J connectivity index is 1.51. The van der Waals surface area contributed by atoms with Crippen molar-refractivity contribution < 1.29 is 9.26 Å². The first-order valence-electron chi connectivity index (χ1n) is 8.46. The maximum atomic E-state index is 5.89. The van der Waals surface area contributed by atoms with Gasteiger partial charge in [0.05, 0.1) is 5.69 Å². The summed E-state index contributed by atoms with van der Waals surface area (Å²) in [6.07, 6.45) is 4.32. The first kappa shape index (κ1) is 16.1. The van der Waals surface area contributed by atoms with Crippen LogP contribution in [0.15, 0.2) is 71.6 Å². The average molecular weight is 346 g/mol. The van der Waals surface area contributed by atoms with Crippen molar-refractivity contribution in [2.24, 2.45) is 0 Å². The third kappa shape index (κ3) is 3.49. The zero-order chi connectivity index (χ0) is 17.8. The van der Waals surface area contributed by atoms with Crippen molar-refractivity contribution in [3.63, 3.8) is 0 Å². The summed E-state index contributed by atoms with van der Waals surface area (Å²) in [4.78, 5) is 8.67. The molecule has 2 aromatic carbocycles. The van der Waals surface area contributed by atoms with Gasteiger partial charge in [0.1, 0.15) is 24.4 Å². The Morgan fingerprint density at radius 2 is 1.96 bits per heavy atom. The summed E-state index contributed by atoms with van der Waals surface area (Å²) >= 11 is 0. The lowest BCUT2D eigenvalue weighted by Gasteiger charge is -2.08. The predicted octanol–water partition coefficient (Wildman–Crippen LogP) is 4.06. The van der Waals surface area contributed by atoms with Crippen molar-refractivity contribution in [1.29, 1.82) is 0 Å². The average Bonchev–Trinajstić information content (AvgIpc) is 3.37. The van der Waals surface area contributed by atoms with Crippen LogP contribution < -0.4 is 4.74 Å². The molecule has 0 saturated heterocycles. The van der Waals surface area contributed by atoms with Gasteiger partial charge < -0.3 is 13.8 Å². The minimum absolute atomic E-state index is 0.428. The maximum absolute atomic E-state index is 5.89. The fourth-order valence-corrected chi connectivity index (χ4v) is 2.55. The maximum Gasteiger partial charge on any atom is 0.278 e. The molecule has 0 aliphatic heterocycles. The number of benzene rings is 2. The Labute approximate surface area is 151 Å². The van der Waals surface area contributed by atoms with E-state index in [1.165, 1.54) is 0 Å². The number of nitrogens with zero attached hydrogens (tertiary/aromatic N) is 4. The Hall–Kier alpha value is -3.41. The monoisotopic (exact) mass is 346 g/mol. The molecule has 4 aromatic rings. The number of rotatable bonds is 6. The van der Waals surface area contributed by atoms with E-state index < -0.39 is 0 Å². The van der Waals surface area contributed by atoms with Crippen LogP contribution in [0.25, 0.3) is 17.3 Å². The van der Waals surface area contributed by atoms with Gasteiger partial charge in [-0.1, -0.05) is 48.5 Å². The molecule has 0 bridgehead atoms. The van der Waals surface area contributed by atoms with Crippen molar-refractivity contribution >= 4 is 0 Å². The van der Waals surface area contributed by atoms with Crippen LogP contribution in [0.1, 0.15) is 18.3 Å². The molecule has 2 aromatic heterocycles. The van der Waals surface area contributed by atoms with Crippen molar-refractivity contribution in [3.8, 4) is 23.0 Å². The van der Waals surface area contributed by atoms with E-state index in [4.69, 9.17) is 9.26 Å². The minimum atomic E-state index is 0.428. The minimum Gasteiger partial charge on any atom is -0.489 e. The van der Waals surface area contributed by atoms with Gasteiger partial charge >= 0.3 is 0 Å². The highest BCUT2D eigenvalue weighted by molar-refractivity contribution is 5.48. The van der Waals surface area contributed by atoms with Gasteiger partial charge in [-0.25, -0.2) is 4.98 Å². The molecule has 0 radical (unpaired) electrons. The number of aryl methyl sites for hydroxylation is 1. The molecule has 0 amide bonds. The molecule has 0 aliphatic rings. The molecular formula is C20H18N4O2. The number of ether oxygens (including phenoxy) is 1. The van der Waals surface area contributed by atoms with Crippen LogP contribution in [0.3, 0.4) is 0 Å². The molecule has 0 saturated carbocycles. The Bertz CT molecular complexity index is 992. The van der Waals surface area contributed by atoms with E-state index >= 15 is 0 Å². The lowest BCUT2D eigenvalue weighted by atomic mass is 10.2. The van der Waals surface area contributed by atoms with Gasteiger partial charge in [-0.2, -0.15) is 4.98 Å². The van der Waals surface area contributed by atoms with E-state index in [1.807, 2.05) is 72.3 Å². The summed E-state index contributed by atoms with van der Waals surface area (Å²) in [7, 11) is 0. The van der Waals surface area contributed by atoms with Gasteiger partial charge in [0.2, 0.25) is 0 Å². The van der Waals surface area contributed by atoms with Crippen LogP contribution in [0.4, 0.5) is 0 Å². The van der Waals surface area contributed by atoms with Crippen LogP contribution in [0.2, 0.25) is 0 Å². The van der Waals surface area contributed by atoms with Crippen molar-refractivity contribution in [2.75, 3.05) is 0 Å². The van der Waals surface area contributed by atoms with Crippen molar-refractivity contribution in [2.45, 2.75) is 20.0 Å². The standard InChI is InChI=1S/C20H18N4O2/c1-2-19-22-20(26-23-19)18-12-24(14-21-18)16-9-6-10-17(11-16)25-13-15-7-4-3-5-8-15/h3-12,14H,2,13H2,1H3. The lowest BCUT2D eigenvalue weighted by Crippen LogP contribution is -1.96. The van der Waals surface area contributed by atoms with Crippen LogP contribution in [-0.4, -0.2) is 19.7 Å². The molecule has 0 N–H and O–H groups in total. The Kier molecular flexibility index (Phi) is 4.47. The van der Waals surface area contributed by atoms with E-state index in [-0.39, 0.29) is 0 Å². The van der Waals surface area contributed by atoms with Gasteiger partial charge in [-0.05, 0) is 17.7 Å². The zero-order valence-electron chi connectivity index (χ0n) is 14.4. The van der Waals surface area contributed by atoms with E-state index in [0.717, 1.165) is 23.4 Å². The topological polar surface area (TPSA) is 66.0 Å². The van der Waals surface area contributed by atoms with Gasteiger partial charge in [0, 0.05) is 18.7 Å². The van der Waals surface area contributed by atoms with E-state index in [2.05, 4.69) is 15.1 Å². The molecule has 0 spiro atoms. The number of imidazole rings is 1. The van der Waals surface area contributed by atoms with E-state index in [1.54, 1.807) is 6.33 Å². The molecule has 0 fully saturated rings. The third-order valence-electron chi connectivity index (χ3n) is 3.95. The van der Waals surface area contributed by atoms with Crippen LogP contribution in [0, 0.1) is 0 Å². The SMILES string of the molecule is CCc1noc(-c2cn(-c3cccc(OCc4ccccc4)c3)cn2)n1. The fraction of sp³-hybridized carbons (Fsp3) is 0.150. The molecule has 130 valence electrons. The molecule has 0 aliphatic carbocycles.